The van der Waals surface area contributed by atoms with Gasteiger partial charge in [0, 0.05) is 23.6 Å². The van der Waals surface area contributed by atoms with Crippen molar-refractivity contribution in [2.45, 2.75) is 37.1 Å². The summed E-state index contributed by atoms with van der Waals surface area (Å²) in [4.78, 5) is 26.4. The van der Waals surface area contributed by atoms with Crippen LogP contribution in [-0.4, -0.2) is 61.4 Å². The van der Waals surface area contributed by atoms with Crippen molar-refractivity contribution in [1.29, 1.82) is 0 Å². The maximum atomic E-state index is 12.6. The molecule has 2 fully saturated rings. The van der Waals surface area contributed by atoms with Crippen LogP contribution in [0.15, 0.2) is 47.6 Å². The second kappa shape index (κ2) is 9.23. The Hall–Kier alpha value is -3.39. The predicted molar refractivity (Wildman–Crippen MR) is 124 cm³/mol. The van der Waals surface area contributed by atoms with Crippen LogP contribution in [0.5, 0.6) is 11.5 Å². The molecule has 2 N–H and O–H groups in total. The first-order chi connectivity index (χ1) is 15.9. The molecule has 1 saturated heterocycles. The zero-order valence-corrected chi connectivity index (χ0v) is 19.1. The standard InChI is InChI=1S/C25H29N3O5/c1-28-13-12-25(16-8-9-20(32-2)21(14-16)33-3)11-10-17(15-22(25)28)26-27-23(29)18-6-4-5-7-19(18)24(30)31/h4-9,14,22H,10-13,15H2,1-3H3,(H,27,29)(H,30,31)/b26-17+. The van der Waals surface area contributed by atoms with E-state index >= 15 is 0 Å². The van der Waals surface area contributed by atoms with Gasteiger partial charge in [-0.3, -0.25) is 4.79 Å². The highest BCUT2D eigenvalue weighted by atomic mass is 16.5. The van der Waals surface area contributed by atoms with E-state index in [9.17, 15) is 14.7 Å². The number of nitrogens with one attached hydrogen (secondary N) is 1. The van der Waals surface area contributed by atoms with Gasteiger partial charge in [-0.25, -0.2) is 10.2 Å². The Kier molecular flexibility index (Phi) is 6.37. The number of carboxylic acid groups (broad SMARTS) is 1. The molecule has 2 aromatic carbocycles. The summed E-state index contributed by atoms with van der Waals surface area (Å²) in [5, 5.41) is 13.7. The van der Waals surface area contributed by atoms with Crippen LogP contribution in [0.2, 0.25) is 0 Å². The molecule has 2 aliphatic rings. The monoisotopic (exact) mass is 451 g/mol. The molecule has 2 aromatic rings. The summed E-state index contributed by atoms with van der Waals surface area (Å²) >= 11 is 0. The molecule has 0 aromatic heterocycles. The lowest BCUT2D eigenvalue weighted by Crippen LogP contribution is -2.46. The van der Waals surface area contributed by atoms with Gasteiger partial charge in [0.1, 0.15) is 0 Å². The number of hydrogen-bond acceptors (Lipinski definition) is 6. The Morgan fingerprint density at radius 2 is 1.82 bits per heavy atom. The number of hydrogen-bond donors (Lipinski definition) is 2. The van der Waals surface area contributed by atoms with Crippen molar-refractivity contribution in [3.05, 3.63) is 59.2 Å². The largest absolute Gasteiger partial charge is 0.493 e. The van der Waals surface area contributed by atoms with Gasteiger partial charge in [-0.15, -0.1) is 0 Å². The molecule has 174 valence electrons. The number of aromatic carboxylic acids is 1. The zero-order valence-electron chi connectivity index (χ0n) is 19.1. The summed E-state index contributed by atoms with van der Waals surface area (Å²) < 4.78 is 11.0. The fourth-order valence-corrected chi connectivity index (χ4v) is 5.24. The molecule has 8 nitrogen and oxygen atoms in total. The lowest BCUT2D eigenvalue weighted by molar-refractivity contribution is 0.0691. The molecule has 0 spiro atoms. The minimum absolute atomic E-state index is 0.0206. The Labute approximate surface area is 193 Å². The van der Waals surface area contributed by atoms with E-state index in [1.54, 1.807) is 26.4 Å². The molecule has 1 heterocycles. The second-order valence-electron chi connectivity index (χ2n) is 8.65. The van der Waals surface area contributed by atoms with Crippen LogP contribution in [0.4, 0.5) is 0 Å². The van der Waals surface area contributed by atoms with Gasteiger partial charge in [0.05, 0.1) is 25.3 Å². The number of benzene rings is 2. The maximum Gasteiger partial charge on any atom is 0.336 e. The van der Waals surface area contributed by atoms with Gasteiger partial charge in [-0.05, 0) is 62.7 Å². The van der Waals surface area contributed by atoms with Crippen molar-refractivity contribution in [3.63, 3.8) is 0 Å². The number of nitrogens with zero attached hydrogens (tertiary/aromatic N) is 2. The summed E-state index contributed by atoms with van der Waals surface area (Å²) in [6, 6.07) is 12.5. The van der Waals surface area contributed by atoms with E-state index in [2.05, 4.69) is 34.6 Å². The number of fused-ring (bicyclic) bond motifs is 1. The molecular weight excluding hydrogens is 422 g/mol. The van der Waals surface area contributed by atoms with E-state index in [1.807, 2.05) is 6.07 Å². The lowest BCUT2D eigenvalue weighted by atomic mass is 9.65. The lowest BCUT2D eigenvalue weighted by Gasteiger charge is -2.42. The van der Waals surface area contributed by atoms with Crippen LogP contribution in [0.25, 0.3) is 0 Å². The number of carboxylic acids is 1. The maximum absolute atomic E-state index is 12.6. The van der Waals surface area contributed by atoms with E-state index in [-0.39, 0.29) is 22.6 Å². The van der Waals surface area contributed by atoms with Crippen molar-refractivity contribution < 1.29 is 24.2 Å². The minimum atomic E-state index is -1.14. The van der Waals surface area contributed by atoms with E-state index in [0.29, 0.717) is 5.75 Å². The van der Waals surface area contributed by atoms with Gasteiger partial charge in [-0.1, -0.05) is 18.2 Å². The van der Waals surface area contributed by atoms with Gasteiger partial charge < -0.3 is 19.5 Å². The first-order valence-corrected chi connectivity index (χ1v) is 11.0. The third-order valence-electron chi connectivity index (χ3n) is 7.05. The highest BCUT2D eigenvalue weighted by Crippen LogP contribution is 2.49. The Balaban J connectivity index is 1.55. The number of amides is 1. The van der Waals surface area contributed by atoms with Crippen LogP contribution in [-0.2, 0) is 5.41 Å². The Morgan fingerprint density at radius 1 is 1.09 bits per heavy atom. The van der Waals surface area contributed by atoms with E-state index in [4.69, 9.17) is 9.47 Å². The molecule has 0 radical (unpaired) electrons. The first-order valence-electron chi connectivity index (χ1n) is 11.0. The van der Waals surface area contributed by atoms with Gasteiger partial charge >= 0.3 is 5.97 Å². The molecule has 0 bridgehead atoms. The van der Waals surface area contributed by atoms with Gasteiger partial charge in [0.2, 0.25) is 0 Å². The average Bonchev–Trinajstić information content (AvgIpc) is 3.18. The van der Waals surface area contributed by atoms with Gasteiger partial charge in [-0.2, -0.15) is 5.10 Å². The van der Waals surface area contributed by atoms with Crippen LogP contribution >= 0.6 is 0 Å². The minimum Gasteiger partial charge on any atom is -0.493 e. The number of carbonyl (C=O) groups excluding carboxylic acids is 1. The summed E-state index contributed by atoms with van der Waals surface area (Å²) in [5.41, 5.74) is 4.75. The smallest absolute Gasteiger partial charge is 0.336 e. The quantitative estimate of drug-likeness (QED) is 0.654. The van der Waals surface area contributed by atoms with Crippen molar-refractivity contribution >= 4 is 17.6 Å². The molecule has 1 aliphatic heterocycles. The van der Waals surface area contributed by atoms with Crippen LogP contribution in [0, 0.1) is 0 Å². The number of methoxy groups -OCH3 is 2. The van der Waals surface area contributed by atoms with E-state index < -0.39 is 11.9 Å². The molecule has 33 heavy (non-hydrogen) atoms. The van der Waals surface area contributed by atoms with E-state index in [1.165, 1.54) is 17.7 Å². The van der Waals surface area contributed by atoms with Crippen molar-refractivity contribution in [2.24, 2.45) is 5.10 Å². The van der Waals surface area contributed by atoms with Crippen LogP contribution in [0.1, 0.15) is 52.0 Å². The first kappa shape index (κ1) is 22.8. The van der Waals surface area contributed by atoms with Crippen molar-refractivity contribution in [2.75, 3.05) is 27.8 Å². The molecule has 1 aliphatic carbocycles. The average molecular weight is 452 g/mol. The fourth-order valence-electron chi connectivity index (χ4n) is 5.24. The topological polar surface area (TPSA) is 100 Å². The summed E-state index contributed by atoms with van der Waals surface area (Å²) in [6.07, 6.45) is 3.42. The molecule has 8 heteroatoms. The summed E-state index contributed by atoms with van der Waals surface area (Å²) in [5.74, 6) is -0.222. The van der Waals surface area contributed by atoms with Crippen LogP contribution < -0.4 is 14.9 Å². The normalized spacial score (nSPS) is 23.7. The summed E-state index contributed by atoms with van der Waals surface area (Å²) in [7, 11) is 5.40. The second-order valence-corrected chi connectivity index (χ2v) is 8.65. The van der Waals surface area contributed by atoms with E-state index in [0.717, 1.165) is 43.7 Å². The molecule has 4 rings (SSSR count). The third-order valence-corrected chi connectivity index (χ3v) is 7.05. The number of likely N-dealkylation sites (N-methyl/N-ethyl adjacent to an activating group) is 1. The van der Waals surface area contributed by atoms with Crippen molar-refractivity contribution in [1.82, 2.24) is 10.3 Å². The number of carbonyl (C=O) groups is 2. The number of likely N-dealkylation sites (tertiary alicyclic amines) is 1. The molecular formula is C25H29N3O5. The number of ether oxygens (including phenoxy) is 2. The molecule has 1 saturated carbocycles. The highest BCUT2D eigenvalue weighted by Gasteiger charge is 2.50. The fraction of sp³-hybridized carbons (Fsp3) is 0.400. The van der Waals surface area contributed by atoms with Crippen molar-refractivity contribution in [3.8, 4) is 11.5 Å². The molecule has 1 amide bonds. The number of hydrazone groups is 1. The third kappa shape index (κ3) is 4.18. The zero-order chi connectivity index (χ0) is 23.6. The SMILES string of the molecule is COc1ccc(C23CC/C(=N\NC(=O)c4ccccc4C(=O)O)CC2N(C)CC3)cc1OC. The van der Waals surface area contributed by atoms with Gasteiger partial charge in [0.15, 0.2) is 11.5 Å². The van der Waals surface area contributed by atoms with Gasteiger partial charge in [0.25, 0.3) is 5.91 Å². The predicted octanol–water partition coefficient (Wildman–Crippen LogP) is 3.31. The summed E-state index contributed by atoms with van der Waals surface area (Å²) in [6.45, 7) is 0.977. The Morgan fingerprint density at radius 3 is 2.52 bits per heavy atom. The molecule has 2 unspecified atom stereocenters. The number of rotatable bonds is 6. The Bertz CT molecular complexity index is 1100. The highest BCUT2D eigenvalue weighted by molar-refractivity contribution is 6.05. The van der Waals surface area contributed by atoms with Crippen LogP contribution in [0.3, 0.4) is 0 Å². The molecule has 2 atom stereocenters.